The van der Waals surface area contributed by atoms with Crippen LogP contribution in [0.25, 0.3) is 0 Å². The van der Waals surface area contributed by atoms with Gasteiger partial charge in [0.1, 0.15) is 11.4 Å². The summed E-state index contributed by atoms with van der Waals surface area (Å²) in [5, 5.41) is 16.5. The van der Waals surface area contributed by atoms with Crippen molar-refractivity contribution in [2.75, 3.05) is 5.32 Å². The van der Waals surface area contributed by atoms with Crippen LogP contribution in [0, 0.1) is 5.92 Å². The molecular weight excluding hydrogens is 214 g/mol. The van der Waals surface area contributed by atoms with Crippen LogP contribution >= 0.6 is 11.3 Å². The molecule has 0 radical (unpaired) electrons. The van der Waals surface area contributed by atoms with E-state index in [1.807, 2.05) is 13.8 Å². The van der Waals surface area contributed by atoms with Gasteiger partial charge in [-0.15, -0.1) is 11.3 Å². The molecular formula is C9H13N3O2S. The number of hydrogen-bond acceptors (Lipinski definition) is 5. The van der Waals surface area contributed by atoms with Gasteiger partial charge in [-0.3, -0.25) is 4.79 Å². The van der Waals surface area contributed by atoms with E-state index in [1.165, 1.54) is 11.3 Å². The molecule has 0 aromatic carbocycles. The van der Waals surface area contributed by atoms with Gasteiger partial charge in [0.2, 0.25) is 5.91 Å². The average molecular weight is 227 g/mol. The van der Waals surface area contributed by atoms with Gasteiger partial charge >= 0.3 is 0 Å². The molecule has 0 saturated heterocycles. The maximum absolute atomic E-state index is 11.3. The summed E-state index contributed by atoms with van der Waals surface area (Å²) in [4.78, 5) is 15.4. The van der Waals surface area contributed by atoms with Crippen molar-refractivity contribution in [1.29, 1.82) is 0 Å². The van der Waals surface area contributed by atoms with Gasteiger partial charge in [0.15, 0.2) is 5.13 Å². The molecule has 0 atom stereocenters. The maximum Gasteiger partial charge on any atom is 0.228 e. The molecule has 0 saturated carbocycles. The summed E-state index contributed by atoms with van der Waals surface area (Å²) >= 11 is 1.30. The monoisotopic (exact) mass is 227 g/mol. The number of thiazole rings is 1. The van der Waals surface area contributed by atoms with E-state index in [9.17, 15) is 4.79 Å². The van der Waals surface area contributed by atoms with E-state index in [4.69, 9.17) is 5.21 Å². The van der Waals surface area contributed by atoms with E-state index in [0.717, 1.165) is 0 Å². The quantitative estimate of drug-likeness (QED) is 0.470. The molecule has 1 rings (SSSR count). The first-order valence-electron chi connectivity index (χ1n) is 4.50. The van der Waals surface area contributed by atoms with Crippen LogP contribution in [-0.2, 0) is 4.79 Å². The van der Waals surface area contributed by atoms with Crippen molar-refractivity contribution < 1.29 is 10.0 Å². The van der Waals surface area contributed by atoms with Gasteiger partial charge in [-0.2, -0.15) is 0 Å². The Balaban J connectivity index is 2.73. The zero-order valence-electron chi connectivity index (χ0n) is 8.81. The number of rotatable bonds is 3. The SMILES string of the molecule is CC(=NO)c1csc(NC(=O)C(C)C)n1. The van der Waals surface area contributed by atoms with Crippen LogP contribution in [0.2, 0.25) is 0 Å². The number of nitrogens with one attached hydrogen (secondary N) is 1. The Kier molecular flexibility index (Phi) is 3.79. The van der Waals surface area contributed by atoms with Gasteiger partial charge in [0.05, 0.1) is 0 Å². The van der Waals surface area contributed by atoms with E-state index in [2.05, 4.69) is 15.5 Å². The molecule has 0 aliphatic heterocycles. The van der Waals surface area contributed by atoms with Crippen molar-refractivity contribution in [3.05, 3.63) is 11.1 Å². The number of nitrogens with zero attached hydrogens (tertiary/aromatic N) is 2. The van der Waals surface area contributed by atoms with Gasteiger partial charge < -0.3 is 10.5 Å². The van der Waals surface area contributed by atoms with Crippen molar-refractivity contribution in [1.82, 2.24) is 4.98 Å². The van der Waals surface area contributed by atoms with Crippen molar-refractivity contribution in [2.24, 2.45) is 11.1 Å². The third kappa shape index (κ3) is 3.02. The standard InChI is InChI=1S/C9H13N3O2S/c1-5(2)8(13)11-9-10-7(4-15-9)6(3)12-14/h4-5,14H,1-3H3,(H,10,11,13). The smallest absolute Gasteiger partial charge is 0.228 e. The highest BCUT2D eigenvalue weighted by Gasteiger charge is 2.10. The second-order valence-electron chi connectivity index (χ2n) is 3.37. The van der Waals surface area contributed by atoms with Gasteiger partial charge in [0.25, 0.3) is 0 Å². The zero-order chi connectivity index (χ0) is 11.4. The molecule has 0 aliphatic carbocycles. The third-order valence-corrected chi connectivity index (χ3v) is 2.54. The molecule has 1 aromatic rings. The Bertz CT molecular complexity index is 384. The first kappa shape index (κ1) is 11.6. The number of oxime groups is 1. The summed E-state index contributed by atoms with van der Waals surface area (Å²) < 4.78 is 0. The summed E-state index contributed by atoms with van der Waals surface area (Å²) in [5.74, 6) is -0.153. The van der Waals surface area contributed by atoms with Crippen LogP contribution in [0.4, 0.5) is 5.13 Å². The molecule has 82 valence electrons. The van der Waals surface area contributed by atoms with Crippen LogP contribution in [0.3, 0.4) is 0 Å². The minimum absolute atomic E-state index is 0.0745. The second kappa shape index (κ2) is 4.88. The number of carbonyl (C=O) groups excluding carboxylic acids is 1. The lowest BCUT2D eigenvalue weighted by molar-refractivity contribution is -0.118. The lowest BCUT2D eigenvalue weighted by atomic mass is 10.2. The summed E-state index contributed by atoms with van der Waals surface area (Å²) in [5.41, 5.74) is 0.998. The molecule has 2 N–H and O–H groups in total. The third-order valence-electron chi connectivity index (χ3n) is 1.78. The molecule has 0 unspecified atom stereocenters. The second-order valence-corrected chi connectivity index (χ2v) is 4.23. The Morgan fingerprint density at radius 3 is 2.87 bits per heavy atom. The fourth-order valence-electron chi connectivity index (χ4n) is 0.798. The molecule has 1 heterocycles. The minimum atomic E-state index is -0.0787. The normalized spacial score (nSPS) is 11.9. The van der Waals surface area contributed by atoms with Crippen LogP contribution in [-0.4, -0.2) is 21.8 Å². The number of anilines is 1. The number of amides is 1. The van der Waals surface area contributed by atoms with Gasteiger partial charge in [-0.25, -0.2) is 4.98 Å². The summed E-state index contributed by atoms with van der Waals surface area (Å²) in [6, 6.07) is 0. The fourth-order valence-corrected chi connectivity index (χ4v) is 1.56. The van der Waals surface area contributed by atoms with E-state index < -0.39 is 0 Å². The molecule has 0 bridgehead atoms. The van der Waals surface area contributed by atoms with Gasteiger partial charge in [0, 0.05) is 11.3 Å². The highest BCUT2D eigenvalue weighted by atomic mass is 32.1. The predicted octanol–water partition coefficient (Wildman–Crippen LogP) is 1.94. The Hall–Kier alpha value is -1.43. The number of hydrogen-bond donors (Lipinski definition) is 2. The molecule has 6 heteroatoms. The van der Waals surface area contributed by atoms with Crippen molar-refractivity contribution in [2.45, 2.75) is 20.8 Å². The predicted molar refractivity (Wildman–Crippen MR) is 59.6 cm³/mol. The molecule has 0 spiro atoms. The van der Waals surface area contributed by atoms with Crippen LogP contribution < -0.4 is 5.32 Å². The summed E-state index contributed by atoms with van der Waals surface area (Å²) in [7, 11) is 0. The number of aromatic nitrogens is 1. The molecule has 1 amide bonds. The molecule has 5 nitrogen and oxygen atoms in total. The van der Waals surface area contributed by atoms with Crippen LogP contribution in [0.5, 0.6) is 0 Å². The van der Waals surface area contributed by atoms with Crippen molar-refractivity contribution in [3.63, 3.8) is 0 Å². The van der Waals surface area contributed by atoms with Crippen LogP contribution in [0.15, 0.2) is 10.5 Å². The maximum atomic E-state index is 11.3. The van der Waals surface area contributed by atoms with Gasteiger partial charge in [-0.1, -0.05) is 19.0 Å². The highest BCUT2D eigenvalue weighted by molar-refractivity contribution is 7.14. The summed E-state index contributed by atoms with van der Waals surface area (Å²) in [6.07, 6.45) is 0. The van der Waals surface area contributed by atoms with Crippen LogP contribution in [0.1, 0.15) is 26.5 Å². The summed E-state index contributed by atoms with van der Waals surface area (Å²) in [6.45, 7) is 5.26. The lowest BCUT2D eigenvalue weighted by Crippen LogP contribution is -2.17. The van der Waals surface area contributed by atoms with Crippen molar-refractivity contribution >= 4 is 28.1 Å². The molecule has 0 fully saturated rings. The largest absolute Gasteiger partial charge is 0.411 e. The zero-order valence-corrected chi connectivity index (χ0v) is 9.63. The highest BCUT2D eigenvalue weighted by Crippen LogP contribution is 2.16. The number of carbonyl (C=O) groups is 1. The Morgan fingerprint density at radius 2 is 2.33 bits per heavy atom. The lowest BCUT2D eigenvalue weighted by Gasteiger charge is -2.03. The van der Waals surface area contributed by atoms with E-state index >= 15 is 0 Å². The minimum Gasteiger partial charge on any atom is -0.411 e. The topological polar surface area (TPSA) is 74.6 Å². The Morgan fingerprint density at radius 1 is 1.67 bits per heavy atom. The Labute approximate surface area is 91.8 Å². The first-order valence-corrected chi connectivity index (χ1v) is 5.38. The first-order chi connectivity index (χ1) is 7.04. The molecule has 15 heavy (non-hydrogen) atoms. The van der Waals surface area contributed by atoms with Crippen molar-refractivity contribution in [3.8, 4) is 0 Å². The average Bonchev–Trinajstić information content (AvgIpc) is 2.65. The van der Waals surface area contributed by atoms with E-state index in [1.54, 1.807) is 12.3 Å². The van der Waals surface area contributed by atoms with E-state index in [0.29, 0.717) is 16.5 Å². The molecule has 1 aromatic heterocycles. The molecule has 0 aliphatic rings. The van der Waals surface area contributed by atoms with Gasteiger partial charge in [-0.05, 0) is 6.92 Å². The fraction of sp³-hybridized carbons (Fsp3) is 0.444. The van der Waals surface area contributed by atoms with E-state index in [-0.39, 0.29) is 11.8 Å².